The van der Waals surface area contributed by atoms with Gasteiger partial charge in [-0.25, -0.2) is 0 Å². The van der Waals surface area contributed by atoms with Gasteiger partial charge >= 0.3 is 0 Å². The number of nitrogens with one attached hydrogen (secondary N) is 1. The first-order valence-electron chi connectivity index (χ1n) is 7.40. The van der Waals surface area contributed by atoms with Gasteiger partial charge in [-0.05, 0) is 17.7 Å². The van der Waals surface area contributed by atoms with Gasteiger partial charge in [0.1, 0.15) is 6.61 Å². The maximum Gasteiger partial charge on any atom is 0.230 e. The van der Waals surface area contributed by atoms with Gasteiger partial charge in [-0.1, -0.05) is 47.1 Å². The molecule has 1 aromatic carbocycles. The summed E-state index contributed by atoms with van der Waals surface area (Å²) >= 11 is 13.1. The molecule has 0 bridgehead atoms. The lowest BCUT2D eigenvalue weighted by Crippen LogP contribution is -2.24. The van der Waals surface area contributed by atoms with Crippen LogP contribution >= 0.6 is 35.0 Å². The Kier molecular flexibility index (Phi) is 7.77. The van der Waals surface area contributed by atoms with E-state index in [1.807, 2.05) is 10.6 Å². The number of carbonyl (C=O) groups excluding carboxylic acids is 1. The van der Waals surface area contributed by atoms with Crippen molar-refractivity contribution in [2.75, 3.05) is 12.9 Å². The maximum atomic E-state index is 12.0. The molecular formula is C16H18Cl2N4O2S. The lowest BCUT2D eigenvalue weighted by atomic mass is 10.2. The highest BCUT2D eigenvalue weighted by atomic mass is 35.5. The Labute approximate surface area is 160 Å². The summed E-state index contributed by atoms with van der Waals surface area (Å²) in [6, 6.07) is 5.25. The van der Waals surface area contributed by atoms with Crippen molar-refractivity contribution in [1.29, 1.82) is 0 Å². The van der Waals surface area contributed by atoms with Crippen molar-refractivity contribution < 1.29 is 9.53 Å². The molecule has 0 radical (unpaired) electrons. The van der Waals surface area contributed by atoms with E-state index in [9.17, 15) is 4.79 Å². The fraction of sp³-hybridized carbons (Fsp3) is 0.312. The molecule has 6 nitrogen and oxygen atoms in total. The van der Waals surface area contributed by atoms with Gasteiger partial charge in [0.25, 0.3) is 0 Å². The Balaban J connectivity index is 1.89. The summed E-state index contributed by atoms with van der Waals surface area (Å²) in [5.74, 6) is 0.808. The zero-order valence-electron chi connectivity index (χ0n) is 13.7. The van der Waals surface area contributed by atoms with Crippen molar-refractivity contribution in [1.82, 2.24) is 20.1 Å². The fourth-order valence-corrected chi connectivity index (χ4v) is 3.12. The van der Waals surface area contributed by atoms with Crippen LogP contribution in [0.1, 0.15) is 11.4 Å². The zero-order valence-corrected chi connectivity index (χ0v) is 16.0. The number of hydrogen-bond acceptors (Lipinski definition) is 5. The number of thioether (sulfide) groups is 1. The summed E-state index contributed by atoms with van der Waals surface area (Å²) in [6.45, 7) is 5.01. The fourth-order valence-electron chi connectivity index (χ4n) is 2.01. The third-order valence-corrected chi connectivity index (χ3v) is 4.89. The van der Waals surface area contributed by atoms with Gasteiger partial charge in [0.15, 0.2) is 11.0 Å². The molecule has 1 amide bonds. The van der Waals surface area contributed by atoms with E-state index in [-0.39, 0.29) is 11.7 Å². The molecule has 2 rings (SSSR count). The van der Waals surface area contributed by atoms with Gasteiger partial charge < -0.3 is 14.6 Å². The molecule has 1 heterocycles. The standard InChI is InChI=1S/C16H18Cl2N4O2S/c1-3-6-22-14(9-24-2)20-21-16(22)25-10-15(23)19-8-11-4-5-12(17)13(18)7-11/h3-5,7H,1,6,8-10H2,2H3,(H,19,23). The van der Waals surface area contributed by atoms with Gasteiger partial charge in [-0.2, -0.15) is 0 Å². The number of ether oxygens (including phenoxy) is 1. The third kappa shape index (κ3) is 5.74. The molecule has 2 aromatic rings. The van der Waals surface area contributed by atoms with E-state index in [0.29, 0.717) is 40.7 Å². The lowest BCUT2D eigenvalue weighted by Gasteiger charge is -2.08. The number of methoxy groups -OCH3 is 1. The van der Waals surface area contributed by atoms with Gasteiger partial charge in [0, 0.05) is 20.2 Å². The smallest absolute Gasteiger partial charge is 0.230 e. The Morgan fingerprint density at radius 2 is 2.20 bits per heavy atom. The molecule has 0 aliphatic heterocycles. The Morgan fingerprint density at radius 1 is 1.40 bits per heavy atom. The van der Waals surface area contributed by atoms with E-state index in [0.717, 1.165) is 5.56 Å². The summed E-state index contributed by atoms with van der Waals surface area (Å²) < 4.78 is 6.96. The van der Waals surface area contributed by atoms with Gasteiger partial charge in [-0.15, -0.1) is 16.8 Å². The van der Waals surface area contributed by atoms with Crippen LogP contribution in [0.3, 0.4) is 0 Å². The van der Waals surface area contributed by atoms with Crippen molar-refractivity contribution in [2.24, 2.45) is 0 Å². The largest absolute Gasteiger partial charge is 0.377 e. The highest BCUT2D eigenvalue weighted by molar-refractivity contribution is 7.99. The maximum absolute atomic E-state index is 12.0. The monoisotopic (exact) mass is 400 g/mol. The normalized spacial score (nSPS) is 10.7. The summed E-state index contributed by atoms with van der Waals surface area (Å²) in [6.07, 6.45) is 1.75. The molecule has 0 saturated heterocycles. The minimum absolute atomic E-state index is 0.113. The van der Waals surface area contributed by atoms with Gasteiger partial charge in [0.2, 0.25) is 5.91 Å². The number of carbonyl (C=O) groups is 1. The number of nitrogens with zero attached hydrogens (tertiary/aromatic N) is 3. The molecule has 0 atom stereocenters. The van der Waals surface area contributed by atoms with Crippen LogP contribution in [0.5, 0.6) is 0 Å². The van der Waals surface area contributed by atoms with Crippen molar-refractivity contribution in [2.45, 2.75) is 24.9 Å². The van der Waals surface area contributed by atoms with Crippen LogP contribution in [-0.2, 0) is 29.2 Å². The number of halogens is 2. The third-order valence-electron chi connectivity index (χ3n) is 3.18. The van der Waals surface area contributed by atoms with Gasteiger partial charge in [0.05, 0.1) is 15.8 Å². The number of allylic oxidation sites excluding steroid dienone is 1. The lowest BCUT2D eigenvalue weighted by molar-refractivity contribution is -0.118. The summed E-state index contributed by atoms with van der Waals surface area (Å²) in [5.41, 5.74) is 0.880. The Morgan fingerprint density at radius 3 is 2.88 bits per heavy atom. The molecule has 25 heavy (non-hydrogen) atoms. The molecule has 0 unspecified atom stereocenters. The van der Waals surface area contributed by atoms with Crippen LogP contribution < -0.4 is 5.32 Å². The predicted octanol–water partition coefficient (Wildman–Crippen LogP) is 3.33. The van der Waals surface area contributed by atoms with Crippen molar-refractivity contribution in [3.63, 3.8) is 0 Å². The number of aromatic nitrogens is 3. The van der Waals surface area contributed by atoms with Crippen LogP contribution in [0, 0.1) is 0 Å². The molecule has 1 N–H and O–H groups in total. The summed E-state index contributed by atoms with van der Waals surface area (Å²) in [4.78, 5) is 12.0. The summed E-state index contributed by atoms with van der Waals surface area (Å²) in [5, 5.41) is 12.6. The SMILES string of the molecule is C=CCn1c(COC)nnc1SCC(=O)NCc1ccc(Cl)c(Cl)c1. The molecule has 1 aromatic heterocycles. The Bertz CT molecular complexity index is 752. The average molecular weight is 401 g/mol. The number of hydrogen-bond donors (Lipinski definition) is 1. The first-order valence-corrected chi connectivity index (χ1v) is 9.14. The molecule has 134 valence electrons. The second-order valence-electron chi connectivity index (χ2n) is 5.04. The highest BCUT2D eigenvalue weighted by Gasteiger charge is 2.13. The van der Waals surface area contributed by atoms with Crippen molar-refractivity contribution in [3.05, 3.63) is 52.3 Å². The van der Waals surface area contributed by atoms with Crippen LogP contribution in [0.2, 0.25) is 10.0 Å². The van der Waals surface area contributed by atoms with Crippen LogP contribution in [0.15, 0.2) is 36.0 Å². The van der Waals surface area contributed by atoms with Crippen LogP contribution in [0.4, 0.5) is 0 Å². The topological polar surface area (TPSA) is 69.0 Å². The number of benzene rings is 1. The molecular weight excluding hydrogens is 383 g/mol. The predicted molar refractivity (Wildman–Crippen MR) is 100.0 cm³/mol. The average Bonchev–Trinajstić information content (AvgIpc) is 2.97. The number of rotatable bonds is 9. The second kappa shape index (κ2) is 9.82. The second-order valence-corrected chi connectivity index (χ2v) is 6.80. The Hall–Kier alpha value is -1.54. The molecule has 0 aliphatic carbocycles. The molecule has 0 aliphatic rings. The van der Waals surface area contributed by atoms with E-state index in [1.54, 1.807) is 25.3 Å². The first-order chi connectivity index (χ1) is 12.0. The zero-order chi connectivity index (χ0) is 18.2. The van der Waals surface area contributed by atoms with Crippen molar-refractivity contribution >= 4 is 40.9 Å². The summed E-state index contributed by atoms with van der Waals surface area (Å²) in [7, 11) is 1.59. The highest BCUT2D eigenvalue weighted by Crippen LogP contribution is 2.22. The molecule has 0 spiro atoms. The van der Waals surface area contributed by atoms with Crippen LogP contribution in [0.25, 0.3) is 0 Å². The number of amides is 1. The molecule has 0 fully saturated rings. The van der Waals surface area contributed by atoms with E-state index in [2.05, 4.69) is 22.1 Å². The van der Waals surface area contributed by atoms with E-state index in [1.165, 1.54) is 11.8 Å². The van der Waals surface area contributed by atoms with E-state index < -0.39 is 0 Å². The molecule has 9 heteroatoms. The van der Waals surface area contributed by atoms with Crippen molar-refractivity contribution in [3.8, 4) is 0 Å². The molecule has 0 saturated carbocycles. The first kappa shape index (κ1) is 19.8. The van der Waals surface area contributed by atoms with Gasteiger partial charge in [-0.3, -0.25) is 4.79 Å². The minimum Gasteiger partial charge on any atom is -0.377 e. The van der Waals surface area contributed by atoms with Crippen LogP contribution in [-0.4, -0.2) is 33.5 Å². The van der Waals surface area contributed by atoms with E-state index in [4.69, 9.17) is 27.9 Å². The van der Waals surface area contributed by atoms with E-state index >= 15 is 0 Å². The minimum atomic E-state index is -0.113. The quantitative estimate of drug-likeness (QED) is 0.516.